The van der Waals surface area contributed by atoms with E-state index in [1.165, 1.54) is 8.61 Å². The van der Waals surface area contributed by atoms with Crippen molar-refractivity contribution in [2.75, 3.05) is 67.7 Å². The molecule has 0 aromatic rings. The Labute approximate surface area is 123 Å². The lowest BCUT2D eigenvalue weighted by Gasteiger charge is -2.27. The highest BCUT2D eigenvalue weighted by atomic mass is 32.2. The highest BCUT2D eigenvalue weighted by Gasteiger charge is 2.25. The van der Waals surface area contributed by atoms with Gasteiger partial charge in [0.05, 0.1) is 6.61 Å². The van der Waals surface area contributed by atoms with Gasteiger partial charge in [0.2, 0.25) is 0 Å². The van der Waals surface area contributed by atoms with Gasteiger partial charge in [-0.1, -0.05) is 0 Å². The zero-order valence-corrected chi connectivity index (χ0v) is 13.9. The second-order valence-electron chi connectivity index (χ2n) is 4.52. The maximum atomic E-state index is 12.5. The normalized spacial score (nSPS) is 12.5. The first-order valence-corrected chi connectivity index (χ1v) is 8.24. The van der Waals surface area contributed by atoms with Crippen LogP contribution in [0, 0.1) is 0 Å². The van der Waals surface area contributed by atoms with Crippen LogP contribution in [0.15, 0.2) is 0 Å². The number of hydrogen-bond acceptors (Lipinski definition) is 5. The molecule has 0 spiro atoms. The highest BCUT2D eigenvalue weighted by Crippen LogP contribution is 2.08. The molecule has 0 aliphatic carbocycles. The van der Waals surface area contributed by atoms with Crippen molar-refractivity contribution in [1.82, 2.24) is 13.9 Å². The van der Waals surface area contributed by atoms with E-state index < -0.39 is 10.2 Å². The van der Waals surface area contributed by atoms with Crippen LogP contribution >= 0.6 is 0 Å². The van der Waals surface area contributed by atoms with Gasteiger partial charge in [0.1, 0.15) is 0 Å². The minimum atomic E-state index is -3.43. The monoisotopic (exact) mass is 311 g/mol. The lowest BCUT2D eigenvalue weighted by Crippen LogP contribution is -2.44. The second-order valence-corrected chi connectivity index (χ2v) is 6.56. The summed E-state index contributed by atoms with van der Waals surface area (Å²) >= 11 is 0. The molecule has 0 atom stereocenters. The summed E-state index contributed by atoms with van der Waals surface area (Å²) in [4.78, 5) is 0. The van der Waals surface area contributed by atoms with E-state index in [4.69, 9.17) is 9.47 Å². The van der Waals surface area contributed by atoms with Crippen LogP contribution in [-0.4, -0.2) is 84.7 Å². The standard InChI is InChI=1S/C12H29N3O4S/c1-13-7-5-8-14(2)20(16,17)15(10-12-19-4)9-6-11-18-3/h13H,5-12H2,1-4H3. The Kier molecular flexibility index (Phi) is 11.3. The van der Waals surface area contributed by atoms with Crippen molar-refractivity contribution in [2.45, 2.75) is 12.8 Å². The number of methoxy groups -OCH3 is 2. The Morgan fingerprint density at radius 1 is 1.00 bits per heavy atom. The molecule has 0 rings (SSSR count). The largest absolute Gasteiger partial charge is 0.385 e. The molecule has 0 unspecified atom stereocenters. The van der Waals surface area contributed by atoms with Gasteiger partial charge in [0, 0.05) is 47.5 Å². The maximum absolute atomic E-state index is 12.5. The molecule has 0 aliphatic rings. The van der Waals surface area contributed by atoms with Crippen LogP contribution in [0.2, 0.25) is 0 Å². The first kappa shape index (κ1) is 19.8. The van der Waals surface area contributed by atoms with Crippen LogP contribution < -0.4 is 5.32 Å². The summed E-state index contributed by atoms with van der Waals surface area (Å²) in [5.74, 6) is 0. The molecular formula is C12H29N3O4S. The summed E-state index contributed by atoms with van der Waals surface area (Å²) in [6, 6.07) is 0. The average molecular weight is 311 g/mol. The summed E-state index contributed by atoms with van der Waals surface area (Å²) in [5.41, 5.74) is 0. The Morgan fingerprint density at radius 2 is 1.65 bits per heavy atom. The molecule has 0 amide bonds. The Bertz CT molecular complexity index is 325. The predicted octanol–water partition coefficient (Wildman–Crippen LogP) is -0.243. The predicted molar refractivity (Wildman–Crippen MR) is 80.0 cm³/mol. The second kappa shape index (κ2) is 11.4. The van der Waals surface area contributed by atoms with Gasteiger partial charge in [-0.15, -0.1) is 0 Å². The van der Waals surface area contributed by atoms with E-state index in [1.807, 2.05) is 7.05 Å². The molecule has 0 heterocycles. The van der Waals surface area contributed by atoms with Gasteiger partial charge in [0.25, 0.3) is 10.2 Å². The van der Waals surface area contributed by atoms with Crippen molar-refractivity contribution >= 4 is 10.2 Å². The fourth-order valence-corrected chi connectivity index (χ4v) is 3.13. The highest BCUT2D eigenvalue weighted by molar-refractivity contribution is 7.86. The van der Waals surface area contributed by atoms with Crippen molar-refractivity contribution in [2.24, 2.45) is 0 Å². The van der Waals surface area contributed by atoms with E-state index >= 15 is 0 Å². The van der Waals surface area contributed by atoms with Crippen molar-refractivity contribution in [3.63, 3.8) is 0 Å². The average Bonchev–Trinajstić information content (AvgIpc) is 2.42. The van der Waals surface area contributed by atoms with E-state index in [1.54, 1.807) is 21.3 Å². The van der Waals surface area contributed by atoms with E-state index in [0.29, 0.717) is 39.3 Å². The minimum absolute atomic E-state index is 0.360. The third-order valence-corrected chi connectivity index (χ3v) is 4.91. The number of ether oxygens (including phenoxy) is 2. The van der Waals surface area contributed by atoms with E-state index in [-0.39, 0.29) is 0 Å². The van der Waals surface area contributed by atoms with Gasteiger partial charge in [-0.25, -0.2) is 0 Å². The first-order chi connectivity index (χ1) is 9.50. The fourth-order valence-electron chi connectivity index (χ4n) is 1.71. The van der Waals surface area contributed by atoms with Crippen molar-refractivity contribution in [1.29, 1.82) is 0 Å². The molecule has 1 N–H and O–H groups in total. The zero-order valence-electron chi connectivity index (χ0n) is 13.1. The zero-order chi connectivity index (χ0) is 15.4. The summed E-state index contributed by atoms with van der Waals surface area (Å²) in [7, 11) is 3.21. The van der Waals surface area contributed by atoms with Crippen LogP contribution in [0.3, 0.4) is 0 Å². The Hall–Kier alpha value is -0.250. The quantitative estimate of drug-likeness (QED) is 0.475. The molecule has 0 aromatic carbocycles. The Morgan fingerprint density at radius 3 is 2.20 bits per heavy atom. The summed E-state index contributed by atoms with van der Waals surface area (Å²) in [6.07, 6.45) is 1.45. The molecule has 0 saturated carbocycles. The van der Waals surface area contributed by atoms with E-state index in [9.17, 15) is 8.42 Å². The summed E-state index contributed by atoms with van der Waals surface area (Å²) in [6.45, 7) is 3.02. The number of rotatable bonds is 13. The molecule has 8 heteroatoms. The molecule has 122 valence electrons. The van der Waals surface area contributed by atoms with Gasteiger partial charge < -0.3 is 14.8 Å². The summed E-state index contributed by atoms with van der Waals surface area (Å²) in [5, 5.41) is 3.01. The van der Waals surface area contributed by atoms with Crippen molar-refractivity contribution < 1.29 is 17.9 Å². The molecule has 0 saturated heterocycles. The molecule has 0 bridgehead atoms. The first-order valence-electron chi connectivity index (χ1n) is 6.84. The molecule has 7 nitrogen and oxygen atoms in total. The lowest BCUT2D eigenvalue weighted by molar-refractivity contribution is 0.161. The summed E-state index contributed by atoms with van der Waals surface area (Å²) < 4.78 is 37.7. The molecule has 0 aromatic heterocycles. The third kappa shape index (κ3) is 7.51. The SMILES string of the molecule is CNCCCN(C)S(=O)(=O)N(CCCOC)CCOC. The number of hydrogen-bond donors (Lipinski definition) is 1. The molecule has 20 heavy (non-hydrogen) atoms. The third-order valence-electron chi connectivity index (χ3n) is 2.92. The topological polar surface area (TPSA) is 71.1 Å². The van der Waals surface area contributed by atoms with Gasteiger partial charge in [-0.05, 0) is 26.4 Å². The fraction of sp³-hybridized carbons (Fsp3) is 1.00. The smallest absolute Gasteiger partial charge is 0.281 e. The van der Waals surface area contributed by atoms with Crippen LogP contribution in [0.25, 0.3) is 0 Å². The van der Waals surface area contributed by atoms with Gasteiger partial charge in [-0.2, -0.15) is 17.0 Å². The van der Waals surface area contributed by atoms with Gasteiger partial charge >= 0.3 is 0 Å². The lowest BCUT2D eigenvalue weighted by atomic mass is 10.4. The van der Waals surface area contributed by atoms with Crippen molar-refractivity contribution in [3.05, 3.63) is 0 Å². The number of nitrogens with one attached hydrogen (secondary N) is 1. The van der Waals surface area contributed by atoms with Crippen LogP contribution in [0.4, 0.5) is 0 Å². The van der Waals surface area contributed by atoms with Crippen LogP contribution in [0.1, 0.15) is 12.8 Å². The molecule has 0 fully saturated rings. The van der Waals surface area contributed by atoms with E-state index in [2.05, 4.69) is 5.32 Å². The number of nitrogens with zero attached hydrogens (tertiary/aromatic N) is 2. The Balaban J connectivity index is 4.55. The van der Waals surface area contributed by atoms with E-state index in [0.717, 1.165) is 13.0 Å². The van der Waals surface area contributed by atoms with Crippen LogP contribution in [-0.2, 0) is 19.7 Å². The van der Waals surface area contributed by atoms with Crippen molar-refractivity contribution in [3.8, 4) is 0 Å². The van der Waals surface area contributed by atoms with Gasteiger partial charge in [0.15, 0.2) is 0 Å². The maximum Gasteiger partial charge on any atom is 0.281 e. The van der Waals surface area contributed by atoms with Crippen LogP contribution in [0.5, 0.6) is 0 Å². The molecule has 0 radical (unpaired) electrons. The van der Waals surface area contributed by atoms with Gasteiger partial charge in [-0.3, -0.25) is 0 Å². The molecular weight excluding hydrogens is 282 g/mol. The molecule has 0 aliphatic heterocycles. The minimum Gasteiger partial charge on any atom is -0.385 e.